The van der Waals surface area contributed by atoms with E-state index in [0.717, 1.165) is 5.69 Å². The van der Waals surface area contributed by atoms with Gasteiger partial charge in [-0.1, -0.05) is 18.9 Å². The van der Waals surface area contributed by atoms with E-state index in [2.05, 4.69) is 27.0 Å². The number of urea groups is 1. The number of nitriles is 1. The quantitative estimate of drug-likeness (QED) is 0.662. The van der Waals surface area contributed by atoms with E-state index >= 15 is 0 Å². The molecule has 166 valence electrons. The Kier molecular flexibility index (Phi) is 5.88. The summed E-state index contributed by atoms with van der Waals surface area (Å²) >= 11 is 0. The highest BCUT2D eigenvalue weighted by molar-refractivity contribution is 5.89. The van der Waals surface area contributed by atoms with Crippen LogP contribution in [0, 0.1) is 11.3 Å². The monoisotopic (exact) mass is 434 g/mol. The van der Waals surface area contributed by atoms with Gasteiger partial charge in [0.15, 0.2) is 0 Å². The molecule has 3 fully saturated rings. The SMILES string of the molecule is N#Cc1cccc(NC(=O)N[C@@H]2CO[C@@H]3[C@@H]2OC[C@@H]3Nc2nccc(C3CCCC3)n2)c1. The highest BCUT2D eigenvalue weighted by Crippen LogP contribution is 2.33. The number of nitrogens with zero attached hydrogens (tertiary/aromatic N) is 3. The summed E-state index contributed by atoms with van der Waals surface area (Å²) < 4.78 is 11.9. The van der Waals surface area contributed by atoms with Crippen molar-refractivity contribution in [3.8, 4) is 6.07 Å². The molecule has 2 aliphatic heterocycles. The number of amides is 2. The van der Waals surface area contributed by atoms with Crippen molar-refractivity contribution in [1.82, 2.24) is 15.3 Å². The molecule has 2 saturated heterocycles. The van der Waals surface area contributed by atoms with Gasteiger partial charge in [0, 0.05) is 23.5 Å². The molecule has 2 aromatic rings. The summed E-state index contributed by atoms with van der Waals surface area (Å²) in [6.45, 7) is 0.818. The molecular weight excluding hydrogens is 408 g/mol. The lowest BCUT2D eigenvalue weighted by Gasteiger charge is -2.19. The number of nitrogens with one attached hydrogen (secondary N) is 3. The third-order valence-corrected chi connectivity index (χ3v) is 6.38. The smallest absolute Gasteiger partial charge is 0.319 e. The maximum atomic E-state index is 12.4. The molecule has 4 atom stereocenters. The molecule has 5 rings (SSSR count). The molecule has 3 aliphatic rings. The van der Waals surface area contributed by atoms with E-state index in [0.29, 0.717) is 36.3 Å². The first-order chi connectivity index (χ1) is 15.7. The van der Waals surface area contributed by atoms with Gasteiger partial charge in [0.1, 0.15) is 12.2 Å². The largest absolute Gasteiger partial charge is 0.371 e. The molecule has 2 amide bonds. The molecule has 1 aromatic carbocycles. The number of benzene rings is 1. The normalized spacial score (nSPS) is 27.0. The summed E-state index contributed by atoms with van der Waals surface area (Å²) in [6, 6.07) is 10.1. The average Bonchev–Trinajstić information content (AvgIpc) is 3.55. The zero-order chi connectivity index (χ0) is 21.9. The number of carbonyl (C=O) groups is 1. The molecule has 0 spiro atoms. The predicted molar refractivity (Wildman–Crippen MR) is 117 cm³/mol. The van der Waals surface area contributed by atoms with Crippen LogP contribution in [0.3, 0.4) is 0 Å². The minimum absolute atomic E-state index is 0.0824. The van der Waals surface area contributed by atoms with E-state index in [-0.39, 0.29) is 30.3 Å². The second-order valence-electron chi connectivity index (χ2n) is 8.53. The van der Waals surface area contributed by atoms with Gasteiger partial charge in [0.2, 0.25) is 5.95 Å². The molecule has 0 unspecified atom stereocenters. The molecule has 0 bridgehead atoms. The van der Waals surface area contributed by atoms with Crippen LogP contribution in [0.25, 0.3) is 0 Å². The lowest BCUT2D eigenvalue weighted by Crippen LogP contribution is -2.46. The first kappa shape index (κ1) is 20.7. The maximum absolute atomic E-state index is 12.4. The fourth-order valence-corrected chi connectivity index (χ4v) is 4.81. The molecule has 0 radical (unpaired) electrons. The highest BCUT2D eigenvalue weighted by Gasteiger charge is 2.48. The molecule has 1 aliphatic carbocycles. The molecule has 3 heterocycles. The summed E-state index contributed by atoms with van der Waals surface area (Å²) in [6.07, 6.45) is 6.26. The molecule has 9 nitrogen and oxygen atoms in total. The highest BCUT2D eigenvalue weighted by atomic mass is 16.6. The van der Waals surface area contributed by atoms with Crippen molar-refractivity contribution in [3.05, 3.63) is 47.8 Å². The first-order valence-electron chi connectivity index (χ1n) is 11.1. The van der Waals surface area contributed by atoms with Crippen molar-refractivity contribution in [2.45, 2.75) is 55.9 Å². The molecular formula is C23H26N6O3. The number of aromatic nitrogens is 2. The van der Waals surface area contributed by atoms with Gasteiger partial charge in [-0.3, -0.25) is 0 Å². The third kappa shape index (κ3) is 4.38. The number of hydrogen-bond acceptors (Lipinski definition) is 7. The molecule has 9 heteroatoms. The Hall–Kier alpha value is -3.22. The van der Waals surface area contributed by atoms with Crippen molar-refractivity contribution in [2.75, 3.05) is 23.8 Å². The summed E-state index contributed by atoms with van der Waals surface area (Å²) in [7, 11) is 0. The van der Waals surface area contributed by atoms with E-state index < -0.39 is 0 Å². The van der Waals surface area contributed by atoms with Crippen LogP contribution in [-0.4, -0.2) is 53.5 Å². The molecule has 1 saturated carbocycles. The van der Waals surface area contributed by atoms with Gasteiger partial charge < -0.3 is 25.4 Å². The number of fused-ring (bicyclic) bond motifs is 1. The summed E-state index contributed by atoms with van der Waals surface area (Å²) in [5.74, 6) is 1.12. The third-order valence-electron chi connectivity index (χ3n) is 6.38. The summed E-state index contributed by atoms with van der Waals surface area (Å²) in [5, 5.41) is 18.1. The van der Waals surface area contributed by atoms with Gasteiger partial charge in [-0.15, -0.1) is 0 Å². The molecule has 3 N–H and O–H groups in total. The first-order valence-corrected chi connectivity index (χ1v) is 11.1. The minimum atomic E-state index is -0.359. The van der Waals surface area contributed by atoms with Crippen LogP contribution in [0.4, 0.5) is 16.4 Å². The maximum Gasteiger partial charge on any atom is 0.319 e. The van der Waals surface area contributed by atoms with Gasteiger partial charge in [-0.2, -0.15) is 5.26 Å². The minimum Gasteiger partial charge on any atom is -0.371 e. The Balaban J connectivity index is 1.17. The van der Waals surface area contributed by atoms with E-state index in [1.807, 2.05) is 12.3 Å². The number of carbonyl (C=O) groups excluding carboxylic acids is 1. The van der Waals surface area contributed by atoms with Gasteiger partial charge in [-0.05, 0) is 37.1 Å². The molecule has 1 aromatic heterocycles. The van der Waals surface area contributed by atoms with Crippen LogP contribution in [0.1, 0.15) is 42.9 Å². The Bertz CT molecular complexity index is 1020. The number of ether oxygens (including phenoxy) is 2. The lowest BCUT2D eigenvalue weighted by atomic mass is 10.0. The Morgan fingerprint density at radius 1 is 1.09 bits per heavy atom. The second-order valence-corrected chi connectivity index (χ2v) is 8.53. The van der Waals surface area contributed by atoms with Crippen LogP contribution in [0.15, 0.2) is 36.5 Å². The van der Waals surface area contributed by atoms with E-state index in [1.54, 1.807) is 24.3 Å². The Labute approximate surface area is 186 Å². The second kappa shape index (κ2) is 9.10. The number of anilines is 2. The fourth-order valence-electron chi connectivity index (χ4n) is 4.81. The van der Waals surface area contributed by atoms with Gasteiger partial charge in [0.25, 0.3) is 0 Å². The van der Waals surface area contributed by atoms with Gasteiger partial charge in [-0.25, -0.2) is 14.8 Å². The Morgan fingerprint density at radius 3 is 2.69 bits per heavy atom. The predicted octanol–water partition coefficient (Wildman–Crippen LogP) is 2.77. The fraction of sp³-hybridized carbons (Fsp3) is 0.478. The standard InChI is InChI=1S/C23H26N6O3/c24-11-14-4-3-7-16(10-14)26-23(30)29-19-13-32-20-18(12-31-21(19)20)28-22-25-9-8-17(27-22)15-5-1-2-6-15/h3-4,7-10,15,18-21H,1-2,5-6,12-13H2,(H,25,27,28)(H2,26,29,30)/t18-,19+,20-,21+/m0/s1. The van der Waals surface area contributed by atoms with Crippen LogP contribution < -0.4 is 16.0 Å². The van der Waals surface area contributed by atoms with Crippen LogP contribution in [0.2, 0.25) is 0 Å². The molecule has 32 heavy (non-hydrogen) atoms. The van der Waals surface area contributed by atoms with Crippen molar-refractivity contribution >= 4 is 17.7 Å². The van der Waals surface area contributed by atoms with Crippen molar-refractivity contribution < 1.29 is 14.3 Å². The van der Waals surface area contributed by atoms with Crippen LogP contribution >= 0.6 is 0 Å². The number of rotatable bonds is 5. The van der Waals surface area contributed by atoms with Gasteiger partial charge in [0.05, 0.1) is 36.9 Å². The van der Waals surface area contributed by atoms with Crippen molar-refractivity contribution in [2.24, 2.45) is 0 Å². The Morgan fingerprint density at radius 2 is 1.88 bits per heavy atom. The number of hydrogen-bond donors (Lipinski definition) is 3. The van der Waals surface area contributed by atoms with Crippen LogP contribution in [-0.2, 0) is 9.47 Å². The van der Waals surface area contributed by atoms with Crippen molar-refractivity contribution in [3.63, 3.8) is 0 Å². The summed E-state index contributed by atoms with van der Waals surface area (Å²) in [5.41, 5.74) is 2.14. The zero-order valence-corrected chi connectivity index (χ0v) is 17.7. The topological polar surface area (TPSA) is 121 Å². The van der Waals surface area contributed by atoms with E-state index in [4.69, 9.17) is 19.7 Å². The van der Waals surface area contributed by atoms with E-state index in [9.17, 15) is 4.79 Å². The average molecular weight is 435 g/mol. The lowest BCUT2D eigenvalue weighted by molar-refractivity contribution is 0.0683. The van der Waals surface area contributed by atoms with Crippen LogP contribution in [0.5, 0.6) is 0 Å². The van der Waals surface area contributed by atoms with Gasteiger partial charge >= 0.3 is 6.03 Å². The zero-order valence-electron chi connectivity index (χ0n) is 17.7. The van der Waals surface area contributed by atoms with Crippen molar-refractivity contribution in [1.29, 1.82) is 5.26 Å². The van der Waals surface area contributed by atoms with E-state index in [1.165, 1.54) is 25.7 Å². The summed E-state index contributed by atoms with van der Waals surface area (Å²) in [4.78, 5) is 21.5.